The molecule has 5 rings (SSSR count). The Hall–Kier alpha value is -2.41. The highest BCUT2D eigenvalue weighted by atomic mass is 16.3. The van der Waals surface area contributed by atoms with E-state index >= 15 is 0 Å². The fourth-order valence-electron chi connectivity index (χ4n) is 8.49. The van der Waals surface area contributed by atoms with E-state index < -0.39 is 23.8 Å². The van der Waals surface area contributed by atoms with Gasteiger partial charge in [-0.3, -0.25) is 14.4 Å². The molecule has 2 aliphatic heterocycles. The molecule has 2 heterocycles. The van der Waals surface area contributed by atoms with Crippen molar-refractivity contribution in [1.29, 1.82) is 0 Å². The zero-order chi connectivity index (χ0) is 25.6. The average molecular weight is 497 g/mol. The molecule has 0 radical (unpaired) electrons. The van der Waals surface area contributed by atoms with Crippen LogP contribution in [0.3, 0.4) is 0 Å². The Labute approximate surface area is 213 Å². The summed E-state index contributed by atoms with van der Waals surface area (Å²) in [4.78, 5) is 37.6. The molecule has 4 fully saturated rings. The van der Waals surface area contributed by atoms with E-state index in [2.05, 4.69) is 24.5 Å². The molecule has 4 N–H and O–H groups in total. The molecular formula is C29H40N2O5. The van der Waals surface area contributed by atoms with Crippen LogP contribution < -0.4 is 10.6 Å². The third-order valence-corrected chi connectivity index (χ3v) is 10.1. The lowest BCUT2D eigenvalue weighted by molar-refractivity contribution is -0.118. The van der Waals surface area contributed by atoms with Gasteiger partial charge in [-0.05, 0) is 98.0 Å². The van der Waals surface area contributed by atoms with Gasteiger partial charge < -0.3 is 20.8 Å². The summed E-state index contributed by atoms with van der Waals surface area (Å²) in [6, 6.07) is -0.680. The molecule has 2 bridgehead atoms. The molecule has 2 amide bonds. The van der Waals surface area contributed by atoms with E-state index in [4.69, 9.17) is 0 Å². The number of nitrogens with one attached hydrogen (secondary N) is 2. The van der Waals surface area contributed by atoms with Gasteiger partial charge in [0.25, 0.3) is 5.91 Å². The van der Waals surface area contributed by atoms with Crippen LogP contribution in [-0.4, -0.2) is 46.5 Å². The van der Waals surface area contributed by atoms with Gasteiger partial charge in [-0.1, -0.05) is 32.4 Å². The molecule has 0 spiro atoms. The van der Waals surface area contributed by atoms with Gasteiger partial charge in [0.15, 0.2) is 5.78 Å². The van der Waals surface area contributed by atoms with Gasteiger partial charge in [0, 0.05) is 6.54 Å². The van der Waals surface area contributed by atoms with Crippen LogP contribution in [-0.2, 0) is 14.4 Å². The Morgan fingerprint density at radius 2 is 1.86 bits per heavy atom. The lowest BCUT2D eigenvalue weighted by atomic mass is 9.62. The summed E-state index contributed by atoms with van der Waals surface area (Å²) < 4.78 is 0. The van der Waals surface area contributed by atoms with Gasteiger partial charge in [0.05, 0.1) is 12.1 Å². The highest BCUT2D eigenvalue weighted by Gasteiger charge is 2.57. The molecule has 7 heteroatoms. The second-order valence-corrected chi connectivity index (χ2v) is 11.8. The first-order valence-electron chi connectivity index (χ1n) is 13.9. The molecule has 3 saturated carbocycles. The SMILES string of the molecule is CC[C@H]1C[C@@H]2C[C@H]3[C@H]4C/C=C/C(=O)NCCC[C@H]5NC(=O)C(=C(O)/C=C\[C@H]4C[C@@H](O)[C@H]3[C@@H]2[C@@H]1C)C5=O. The quantitative estimate of drug-likeness (QED) is 0.416. The van der Waals surface area contributed by atoms with Crippen molar-refractivity contribution in [2.24, 2.45) is 47.3 Å². The zero-order valence-electron chi connectivity index (χ0n) is 21.4. The molecule has 36 heavy (non-hydrogen) atoms. The predicted octanol–water partition coefficient (Wildman–Crippen LogP) is 3.21. The fraction of sp³-hybridized carbons (Fsp3) is 0.690. The molecule has 5 aliphatic rings. The average Bonchev–Trinajstić information content (AvgIpc) is 3.46. The number of rotatable bonds is 1. The standard InChI is InChI=1S/C29H40N2O5/c1-3-16-12-18-13-20-19-6-4-8-24(34)30-11-5-7-21-28(35)27(29(36)31-21)22(32)10-9-17(19)14-23(33)26(20)25(18)15(16)2/h4,8-10,15-21,23,25-26,32-33H,3,5-7,11-14H2,1-2H3,(H,30,34)(H,31,36)/b8-4+,10-9-,27-22?/t15-,16+,17+,18-,19+,20+,21-,23-,25-,26+/m1/s1. The molecule has 0 aromatic rings. The van der Waals surface area contributed by atoms with Gasteiger partial charge in [-0.25, -0.2) is 0 Å². The van der Waals surface area contributed by atoms with Gasteiger partial charge in [0.1, 0.15) is 11.3 Å². The smallest absolute Gasteiger partial charge is 0.259 e. The van der Waals surface area contributed by atoms with Crippen LogP contribution >= 0.6 is 0 Å². The topological polar surface area (TPSA) is 116 Å². The van der Waals surface area contributed by atoms with Crippen LogP contribution in [0.25, 0.3) is 0 Å². The van der Waals surface area contributed by atoms with Gasteiger partial charge in [-0.15, -0.1) is 0 Å². The molecule has 1 saturated heterocycles. The van der Waals surface area contributed by atoms with Crippen LogP contribution in [0, 0.1) is 47.3 Å². The highest BCUT2D eigenvalue weighted by Crippen LogP contribution is 2.62. The predicted molar refractivity (Wildman–Crippen MR) is 135 cm³/mol. The molecule has 196 valence electrons. The number of hydrogen-bond acceptors (Lipinski definition) is 5. The van der Waals surface area contributed by atoms with E-state index in [9.17, 15) is 24.6 Å². The van der Waals surface area contributed by atoms with Crippen molar-refractivity contribution >= 4 is 17.6 Å². The van der Waals surface area contributed by atoms with E-state index in [0.717, 1.165) is 18.8 Å². The number of ketones is 1. The molecule has 10 atom stereocenters. The lowest BCUT2D eigenvalue weighted by Gasteiger charge is -2.44. The summed E-state index contributed by atoms with van der Waals surface area (Å²) in [5.74, 6) is 1.94. The maximum atomic E-state index is 12.8. The third kappa shape index (κ3) is 4.44. The van der Waals surface area contributed by atoms with Crippen molar-refractivity contribution in [3.05, 3.63) is 35.6 Å². The van der Waals surface area contributed by atoms with Crippen molar-refractivity contribution in [2.45, 2.75) is 70.9 Å². The zero-order valence-corrected chi connectivity index (χ0v) is 21.4. The Morgan fingerprint density at radius 3 is 2.64 bits per heavy atom. The molecule has 3 aliphatic carbocycles. The Kier molecular flexibility index (Phi) is 7.12. The Bertz CT molecular complexity index is 1000. The Morgan fingerprint density at radius 1 is 1.06 bits per heavy atom. The molecular weight excluding hydrogens is 456 g/mol. The second-order valence-electron chi connectivity index (χ2n) is 11.8. The van der Waals surface area contributed by atoms with Crippen molar-refractivity contribution in [3.8, 4) is 0 Å². The van der Waals surface area contributed by atoms with E-state index in [0.29, 0.717) is 49.5 Å². The number of carbonyl (C=O) groups is 3. The largest absolute Gasteiger partial charge is 0.507 e. The lowest BCUT2D eigenvalue weighted by Crippen LogP contribution is -2.43. The summed E-state index contributed by atoms with van der Waals surface area (Å²) in [6.45, 7) is 5.05. The van der Waals surface area contributed by atoms with Crippen LogP contribution in [0.1, 0.15) is 58.8 Å². The van der Waals surface area contributed by atoms with Crippen molar-refractivity contribution in [1.82, 2.24) is 10.6 Å². The van der Waals surface area contributed by atoms with Crippen LogP contribution in [0.15, 0.2) is 35.6 Å². The van der Waals surface area contributed by atoms with E-state index in [1.54, 1.807) is 6.08 Å². The summed E-state index contributed by atoms with van der Waals surface area (Å²) in [5.41, 5.74) is -0.187. The fourth-order valence-corrected chi connectivity index (χ4v) is 8.49. The summed E-state index contributed by atoms with van der Waals surface area (Å²) in [5, 5.41) is 27.6. The number of hydrogen-bond donors (Lipinski definition) is 4. The van der Waals surface area contributed by atoms with Crippen LogP contribution in [0.4, 0.5) is 0 Å². The highest BCUT2D eigenvalue weighted by molar-refractivity contribution is 6.27. The van der Waals surface area contributed by atoms with E-state index in [-0.39, 0.29) is 35.0 Å². The van der Waals surface area contributed by atoms with Crippen molar-refractivity contribution in [3.63, 3.8) is 0 Å². The summed E-state index contributed by atoms with van der Waals surface area (Å²) in [7, 11) is 0. The molecule has 0 unspecified atom stereocenters. The second kappa shape index (κ2) is 10.2. The third-order valence-electron chi connectivity index (χ3n) is 10.1. The van der Waals surface area contributed by atoms with Crippen LogP contribution in [0.5, 0.6) is 0 Å². The minimum Gasteiger partial charge on any atom is -0.507 e. The number of amides is 2. The number of fused-ring (bicyclic) bond motifs is 7. The molecule has 7 nitrogen and oxygen atoms in total. The normalized spacial score (nSPS) is 44.9. The van der Waals surface area contributed by atoms with Crippen molar-refractivity contribution in [2.75, 3.05) is 6.54 Å². The first kappa shape index (κ1) is 25.2. The van der Waals surface area contributed by atoms with Crippen LogP contribution in [0.2, 0.25) is 0 Å². The van der Waals surface area contributed by atoms with E-state index in [1.807, 2.05) is 12.2 Å². The first-order valence-corrected chi connectivity index (χ1v) is 13.9. The Balaban J connectivity index is 1.46. The number of aliphatic hydroxyl groups is 2. The molecule has 0 aromatic heterocycles. The first-order chi connectivity index (χ1) is 17.3. The van der Waals surface area contributed by atoms with Gasteiger partial charge in [0.2, 0.25) is 5.91 Å². The molecule has 0 aromatic carbocycles. The number of Topliss-reactive ketones (excluding diaryl/α,β-unsaturated/α-hetero) is 1. The van der Waals surface area contributed by atoms with E-state index in [1.165, 1.54) is 18.9 Å². The van der Waals surface area contributed by atoms with Gasteiger partial charge >= 0.3 is 0 Å². The van der Waals surface area contributed by atoms with Gasteiger partial charge in [-0.2, -0.15) is 0 Å². The minimum atomic E-state index is -0.680. The number of carbonyl (C=O) groups excluding carboxylic acids is 3. The monoisotopic (exact) mass is 496 g/mol. The maximum absolute atomic E-state index is 12.8. The summed E-state index contributed by atoms with van der Waals surface area (Å²) >= 11 is 0. The number of aliphatic hydroxyl groups excluding tert-OH is 2. The summed E-state index contributed by atoms with van der Waals surface area (Å²) in [6.07, 6.45) is 12.3. The maximum Gasteiger partial charge on any atom is 0.259 e. The van der Waals surface area contributed by atoms with Crippen molar-refractivity contribution < 1.29 is 24.6 Å². The number of allylic oxidation sites excluding steroid dienone is 3. The minimum absolute atomic E-state index is 0.0175.